The molecule has 92 valence electrons. The van der Waals surface area contributed by atoms with E-state index in [4.69, 9.17) is 16.7 Å². The lowest BCUT2D eigenvalue weighted by Crippen LogP contribution is -2.31. The van der Waals surface area contributed by atoms with E-state index in [1.165, 1.54) is 0 Å². The van der Waals surface area contributed by atoms with Crippen LogP contribution in [0.4, 0.5) is 0 Å². The Balaban J connectivity index is 1.92. The third kappa shape index (κ3) is 2.96. The molecule has 0 spiro atoms. The van der Waals surface area contributed by atoms with Crippen molar-refractivity contribution in [2.45, 2.75) is 19.3 Å². The van der Waals surface area contributed by atoms with Crippen molar-refractivity contribution in [3.8, 4) is 0 Å². The highest BCUT2D eigenvalue weighted by Gasteiger charge is 2.41. The Morgan fingerprint density at radius 2 is 2.35 bits per heavy atom. The summed E-state index contributed by atoms with van der Waals surface area (Å²) in [6.45, 7) is 0.765. The van der Waals surface area contributed by atoms with Gasteiger partial charge in [-0.2, -0.15) is 0 Å². The van der Waals surface area contributed by atoms with E-state index in [0.717, 1.165) is 19.3 Å². The summed E-state index contributed by atoms with van der Waals surface area (Å²) in [5.74, 6) is -0.202. The smallest absolute Gasteiger partial charge is 0.254 e. The number of hydrogen-bond donors (Lipinski definition) is 2. The predicted octanol–water partition coefficient (Wildman–Crippen LogP) is 1.63. The summed E-state index contributed by atoms with van der Waals surface area (Å²) in [6.07, 6.45) is 4.42. The fraction of sp³-hybridized carbons (Fsp3) is 0.500. The summed E-state index contributed by atoms with van der Waals surface area (Å²) in [6, 6.07) is 3.33. The van der Waals surface area contributed by atoms with Gasteiger partial charge in [0.1, 0.15) is 5.15 Å². The number of nitrogens with zero attached hydrogens (tertiary/aromatic N) is 1. The number of nitrogens with one attached hydrogen (secondary N) is 1. The zero-order valence-corrected chi connectivity index (χ0v) is 10.2. The number of carbonyl (C=O) groups excluding carboxylic acids is 1. The fourth-order valence-electron chi connectivity index (χ4n) is 1.85. The average Bonchev–Trinajstić information content (AvgIpc) is 3.08. The topological polar surface area (TPSA) is 62.2 Å². The maximum Gasteiger partial charge on any atom is 0.254 e. The molecule has 1 aliphatic carbocycles. The lowest BCUT2D eigenvalue weighted by Gasteiger charge is -2.14. The van der Waals surface area contributed by atoms with Gasteiger partial charge in [-0.15, -0.1) is 0 Å². The molecule has 0 unspecified atom stereocenters. The van der Waals surface area contributed by atoms with Gasteiger partial charge in [0.2, 0.25) is 0 Å². The van der Waals surface area contributed by atoms with Crippen LogP contribution >= 0.6 is 11.6 Å². The first-order valence-electron chi connectivity index (χ1n) is 5.66. The Morgan fingerprint density at radius 3 is 2.94 bits per heavy atom. The average molecular weight is 255 g/mol. The monoisotopic (exact) mass is 254 g/mol. The van der Waals surface area contributed by atoms with Gasteiger partial charge in [-0.25, -0.2) is 4.98 Å². The normalized spacial score (nSPS) is 16.6. The van der Waals surface area contributed by atoms with Crippen LogP contribution in [-0.2, 0) is 0 Å². The second kappa shape index (κ2) is 5.02. The van der Waals surface area contributed by atoms with Crippen LogP contribution in [-0.4, -0.2) is 29.1 Å². The molecule has 0 bridgehead atoms. The molecule has 1 heterocycles. The molecular weight excluding hydrogens is 240 g/mol. The van der Waals surface area contributed by atoms with Crippen molar-refractivity contribution < 1.29 is 9.90 Å². The highest BCUT2D eigenvalue weighted by Crippen LogP contribution is 2.47. The first kappa shape index (κ1) is 12.3. The summed E-state index contributed by atoms with van der Waals surface area (Å²) >= 11 is 5.83. The predicted molar refractivity (Wildman–Crippen MR) is 65.0 cm³/mol. The molecule has 0 aromatic carbocycles. The Labute approximate surface area is 105 Å². The van der Waals surface area contributed by atoms with Crippen molar-refractivity contribution in [2.75, 3.05) is 13.2 Å². The number of carbonyl (C=O) groups is 1. The van der Waals surface area contributed by atoms with Crippen molar-refractivity contribution in [3.63, 3.8) is 0 Å². The Morgan fingerprint density at radius 1 is 1.59 bits per heavy atom. The van der Waals surface area contributed by atoms with Crippen molar-refractivity contribution >= 4 is 17.5 Å². The van der Waals surface area contributed by atoms with Crippen LogP contribution in [0.25, 0.3) is 0 Å². The van der Waals surface area contributed by atoms with Gasteiger partial charge in [0.05, 0.1) is 5.56 Å². The molecule has 1 saturated carbocycles. The minimum atomic E-state index is -0.202. The molecule has 0 atom stereocenters. The summed E-state index contributed by atoms with van der Waals surface area (Å²) in [5, 5.41) is 12.0. The van der Waals surface area contributed by atoms with Gasteiger partial charge in [0.15, 0.2) is 0 Å². The van der Waals surface area contributed by atoms with Gasteiger partial charge < -0.3 is 10.4 Å². The number of pyridine rings is 1. The second-order valence-corrected chi connectivity index (χ2v) is 4.86. The van der Waals surface area contributed by atoms with Crippen molar-refractivity contribution in [3.05, 3.63) is 29.0 Å². The maximum atomic E-state index is 11.8. The van der Waals surface area contributed by atoms with E-state index in [0.29, 0.717) is 12.1 Å². The van der Waals surface area contributed by atoms with Crippen LogP contribution in [0.1, 0.15) is 29.6 Å². The molecule has 17 heavy (non-hydrogen) atoms. The quantitative estimate of drug-likeness (QED) is 0.785. The molecule has 2 rings (SSSR count). The van der Waals surface area contributed by atoms with E-state index in [9.17, 15) is 4.79 Å². The SMILES string of the molecule is O=C(NCC1(CCO)CC1)c1cccnc1Cl. The fourth-order valence-corrected chi connectivity index (χ4v) is 2.05. The van der Waals surface area contributed by atoms with Gasteiger partial charge in [-0.3, -0.25) is 4.79 Å². The van der Waals surface area contributed by atoms with E-state index in [-0.39, 0.29) is 23.1 Å². The Hall–Kier alpha value is -1.13. The third-order valence-corrected chi connectivity index (χ3v) is 3.53. The van der Waals surface area contributed by atoms with Crippen LogP contribution in [0.5, 0.6) is 0 Å². The molecule has 1 aromatic rings. The zero-order chi connectivity index (χ0) is 12.3. The highest BCUT2D eigenvalue weighted by molar-refractivity contribution is 6.32. The molecule has 0 aliphatic heterocycles. The maximum absolute atomic E-state index is 11.8. The second-order valence-electron chi connectivity index (χ2n) is 4.50. The first-order chi connectivity index (χ1) is 8.17. The minimum Gasteiger partial charge on any atom is -0.396 e. The van der Waals surface area contributed by atoms with E-state index < -0.39 is 0 Å². The highest BCUT2D eigenvalue weighted by atomic mass is 35.5. The van der Waals surface area contributed by atoms with Crippen LogP contribution in [0.15, 0.2) is 18.3 Å². The molecule has 1 aliphatic rings. The molecule has 1 fully saturated rings. The number of aliphatic hydroxyl groups excluding tert-OH is 1. The van der Waals surface area contributed by atoms with Gasteiger partial charge in [0, 0.05) is 19.3 Å². The van der Waals surface area contributed by atoms with E-state index in [1.807, 2.05) is 0 Å². The van der Waals surface area contributed by atoms with E-state index >= 15 is 0 Å². The molecule has 2 N–H and O–H groups in total. The first-order valence-corrected chi connectivity index (χ1v) is 6.04. The molecule has 0 radical (unpaired) electrons. The van der Waals surface area contributed by atoms with Crippen molar-refractivity contribution in [1.29, 1.82) is 0 Å². The van der Waals surface area contributed by atoms with Gasteiger partial charge in [-0.1, -0.05) is 11.6 Å². The number of hydrogen-bond acceptors (Lipinski definition) is 3. The van der Waals surface area contributed by atoms with Gasteiger partial charge in [-0.05, 0) is 36.8 Å². The molecule has 1 aromatic heterocycles. The summed E-state index contributed by atoms with van der Waals surface area (Å²) in [5.41, 5.74) is 0.507. The zero-order valence-electron chi connectivity index (χ0n) is 9.45. The standard InChI is InChI=1S/C12H15ClN2O2/c13-10-9(2-1-6-14-10)11(17)15-8-12(3-4-12)5-7-16/h1-2,6,16H,3-5,7-8H2,(H,15,17). The molecular formula is C12H15ClN2O2. The van der Waals surface area contributed by atoms with Crippen LogP contribution in [0.3, 0.4) is 0 Å². The molecule has 5 heteroatoms. The van der Waals surface area contributed by atoms with Crippen molar-refractivity contribution in [2.24, 2.45) is 5.41 Å². The number of halogens is 1. The largest absolute Gasteiger partial charge is 0.396 e. The van der Waals surface area contributed by atoms with Crippen LogP contribution in [0.2, 0.25) is 5.15 Å². The number of rotatable bonds is 5. The van der Waals surface area contributed by atoms with E-state index in [2.05, 4.69) is 10.3 Å². The Kier molecular flexibility index (Phi) is 3.64. The molecule has 4 nitrogen and oxygen atoms in total. The summed E-state index contributed by atoms with van der Waals surface area (Å²) in [4.78, 5) is 15.7. The minimum absolute atomic E-state index is 0.110. The number of aromatic nitrogens is 1. The van der Waals surface area contributed by atoms with Crippen LogP contribution < -0.4 is 5.32 Å². The third-order valence-electron chi connectivity index (χ3n) is 3.23. The molecule has 1 amide bonds. The van der Waals surface area contributed by atoms with Crippen molar-refractivity contribution in [1.82, 2.24) is 10.3 Å². The molecule has 0 saturated heterocycles. The number of aliphatic hydroxyl groups is 1. The lowest BCUT2D eigenvalue weighted by atomic mass is 10.0. The van der Waals surface area contributed by atoms with E-state index in [1.54, 1.807) is 18.3 Å². The van der Waals surface area contributed by atoms with Gasteiger partial charge >= 0.3 is 0 Å². The summed E-state index contributed by atoms with van der Waals surface area (Å²) < 4.78 is 0. The van der Waals surface area contributed by atoms with Gasteiger partial charge in [0.25, 0.3) is 5.91 Å². The number of amides is 1. The summed E-state index contributed by atoms with van der Waals surface area (Å²) in [7, 11) is 0. The lowest BCUT2D eigenvalue weighted by molar-refractivity contribution is 0.0940. The van der Waals surface area contributed by atoms with Crippen LogP contribution in [0, 0.1) is 5.41 Å². The Bertz CT molecular complexity index is 419.